The van der Waals surface area contributed by atoms with Crippen molar-refractivity contribution in [2.75, 3.05) is 13.7 Å². The van der Waals surface area contributed by atoms with Gasteiger partial charge in [0.1, 0.15) is 0 Å². The van der Waals surface area contributed by atoms with Gasteiger partial charge < -0.3 is 10.1 Å². The van der Waals surface area contributed by atoms with Gasteiger partial charge in [-0.2, -0.15) is 0 Å². The SMILES string of the molecule is COc1cc(C2=CC[C@H]3CCCN[C@H]3C2)cnc1Cl. The van der Waals surface area contributed by atoms with E-state index in [0.29, 0.717) is 16.9 Å². The fourth-order valence-electron chi connectivity index (χ4n) is 3.14. The summed E-state index contributed by atoms with van der Waals surface area (Å²) < 4.78 is 5.25. The van der Waals surface area contributed by atoms with Crippen LogP contribution in [0.3, 0.4) is 0 Å². The molecule has 1 aliphatic carbocycles. The summed E-state index contributed by atoms with van der Waals surface area (Å²) >= 11 is 5.98. The van der Waals surface area contributed by atoms with Crippen LogP contribution in [0.5, 0.6) is 5.75 Å². The number of ether oxygens (including phenoxy) is 1. The van der Waals surface area contributed by atoms with Crippen molar-refractivity contribution in [1.29, 1.82) is 0 Å². The van der Waals surface area contributed by atoms with Crippen molar-refractivity contribution in [3.05, 3.63) is 29.1 Å². The van der Waals surface area contributed by atoms with E-state index in [-0.39, 0.29) is 0 Å². The second kappa shape index (κ2) is 5.51. The first kappa shape index (κ1) is 12.9. The number of piperidine rings is 1. The molecule has 4 heteroatoms. The molecule has 1 aromatic rings. The maximum Gasteiger partial charge on any atom is 0.171 e. The van der Waals surface area contributed by atoms with Gasteiger partial charge in [0.05, 0.1) is 7.11 Å². The molecule has 3 nitrogen and oxygen atoms in total. The smallest absolute Gasteiger partial charge is 0.171 e. The normalized spacial score (nSPS) is 26.5. The summed E-state index contributed by atoms with van der Waals surface area (Å²) in [6, 6.07) is 2.61. The van der Waals surface area contributed by atoms with Gasteiger partial charge in [0.15, 0.2) is 10.9 Å². The molecule has 1 fully saturated rings. The number of allylic oxidation sites excluding steroid dienone is 1. The lowest BCUT2D eigenvalue weighted by Gasteiger charge is -2.36. The molecule has 19 heavy (non-hydrogen) atoms. The number of halogens is 1. The minimum absolute atomic E-state index is 0.427. The van der Waals surface area contributed by atoms with Crippen molar-refractivity contribution in [3.8, 4) is 5.75 Å². The van der Waals surface area contributed by atoms with Gasteiger partial charge in [-0.25, -0.2) is 4.98 Å². The van der Waals surface area contributed by atoms with Crippen molar-refractivity contribution in [1.82, 2.24) is 10.3 Å². The van der Waals surface area contributed by atoms with Crippen molar-refractivity contribution < 1.29 is 4.74 Å². The molecule has 0 unspecified atom stereocenters. The van der Waals surface area contributed by atoms with Gasteiger partial charge >= 0.3 is 0 Å². The van der Waals surface area contributed by atoms with Crippen molar-refractivity contribution >= 4 is 17.2 Å². The van der Waals surface area contributed by atoms with Crippen LogP contribution in [-0.2, 0) is 0 Å². The number of pyridine rings is 1. The zero-order valence-corrected chi connectivity index (χ0v) is 11.9. The Labute approximate surface area is 119 Å². The van der Waals surface area contributed by atoms with Crippen LogP contribution in [0.4, 0.5) is 0 Å². The first-order valence-electron chi connectivity index (χ1n) is 6.90. The molecule has 2 heterocycles. The molecule has 0 spiro atoms. The highest BCUT2D eigenvalue weighted by atomic mass is 35.5. The van der Waals surface area contributed by atoms with Crippen LogP contribution < -0.4 is 10.1 Å². The Morgan fingerprint density at radius 2 is 2.37 bits per heavy atom. The average molecular weight is 279 g/mol. The summed E-state index contributed by atoms with van der Waals surface area (Å²) in [6.45, 7) is 1.15. The second-order valence-electron chi connectivity index (χ2n) is 5.35. The first-order chi connectivity index (χ1) is 9.28. The van der Waals surface area contributed by atoms with Crippen LogP contribution in [0, 0.1) is 5.92 Å². The maximum absolute atomic E-state index is 5.98. The zero-order chi connectivity index (χ0) is 13.2. The van der Waals surface area contributed by atoms with Crippen LogP contribution in [0.25, 0.3) is 5.57 Å². The number of aromatic nitrogens is 1. The van der Waals surface area contributed by atoms with Gasteiger partial charge in [0.25, 0.3) is 0 Å². The second-order valence-corrected chi connectivity index (χ2v) is 5.71. The van der Waals surface area contributed by atoms with Gasteiger partial charge in [0.2, 0.25) is 0 Å². The quantitative estimate of drug-likeness (QED) is 0.843. The number of nitrogens with one attached hydrogen (secondary N) is 1. The fourth-order valence-corrected chi connectivity index (χ4v) is 3.32. The van der Waals surface area contributed by atoms with E-state index in [1.807, 2.05) is 12.3 Å². The molecule has 0 amide bonds. The van der Waals surface area contributed by atoms with Crippen LogP contribution in [-0.4, -0.2) is 24.7 Å². The van der Waals surface area contributed by atoms with E-state index >= 15 is 0 Å². The first-order valence-corrected chi connectivity index (χ1v) is 7.28. The molecule has 2 aliphatic rings. The van der Waals surface area contributed by atoms with Crippen molar-refractivity contribution in [2.45, 2.75) is 31.7 Å². The van der Waals surface area contributed by atoms with Crippen LogP contribution in [0.15, 0.2) is 18.3 Å². The average Bonchev–Trinajstić information content (AvgIpc) is 2.47. The van der Waals surface area contributed by atoms with Crippen molar-refractivity contribution in [2.24, 2.45) is 5.92 Å². The third-order valence-corrected chi connectivity index (χ3v) is 4.52. The minimum atomic E-state index is 0.427. The monoisotopic (exact) mass is 278 g/mol. The molecule has 0 bridgehead atoms. The molecular weight excluding hydrogens is 260 g/mol. The van der Waals surface area contributed by atoms with E-state index in [9.17, 15) is 0 Å². The molecule has 1 aromatic heterocycles. The van der Waals surface area contributed by atoms with E-state index in [0.717, 1.165) is 30.9 Å². The Balaban J connectivity index is 1.84. The van der Waals surface area contributed by atoms with E-state index < -0.39 is 0 Å². The lowest BCUT2D eigenvalue weighted by atomic mass is 9.78. The summed E-state index contributed by atoms with van der Waals surface area (Å²) in [7, 11) is 1.63. The third kappa shape index (κ3) is 2.63. The Kier molecular flexibility index (Phi) is 3.76. The topological polar surface area (TPSA) is 34.1 Å². The molecule has 1 saturated heterocycles. The van der Waals surface area contributed by atoms with Gasteiger partial charge in [-0.1, -0.05) is 17.7 Å². The van der Waals surface area contributed by atoms with E-state index in [2.05, 4.69) is 16.4 Å². The summed E-state index contributed by atoms with van der Waals surface area (Å²) in [4.78, 5) is 4.21. The fraction of sp³-hybridized carbons (Fsp3) is 0.533. The number of hydrogen-bond donors (Lipinski definition) is 1. The molecule has 0 radical (unpaired) electrons. The highest BCUT2D eigenvalue weighted by Crippen LogP contribution is 2.36. The Bertz CT molecular complexity index is 501. The molecule has 0 aromatic carbocycles. The Morgan fingerprint density at radius 3 is 3.21 bits per heavy atom. The van der Waals surface area contributed by atoms with E-state index in [4.69, 9.17) is 16.3 Å². The van der Waals surface area contributed by atoms with E-state index in [1.54, 1.807) is 7.11 Å². The van der Waals surface area contributed by atoms with Crippen molar-refractivity contribution in [3.63, 3.8) is 0 Å². The van der Waals surface area contributed by atoms with Gasteiger partial charge in [-0.3, -0.25) is 0 Å². The molecule has 102 valence electrons. The molecule has 1 aliphatic heterocycles. The predicted octanol–water partition coefficient (Wildman–Crippen LogP) is 3.29. The third-order valence-electron chi connectivity index (χ3n) is 4.23. The lowest BCUT2D eigenvalue weighted by Crippen LogP contribution is -2.42. The Hall–Kier alpha value is -1.06. The number of rotatable bonds is 2. The maximum atomic E-state index is 5.98. The lowest BCUT2D eigenvalue weighted by molar-refractivity contribution is 0.278. The molecule has 1 N–H and O–H groups in total. The Morgan fingerprint density at radius 1 is 1.47 bits per heavy atom. The molecule has 2 atom stereocenters. The predicted molar refractivity (Wildman–Crippen MR) is 77.5 cm³/mol. The molecule has 3 rings (SSSR count). The van der Waals surface area contributed by atoms with Gasteiger partial charge in [-0.15, -0.1) is 0 Å². The summed E-state index contributed by atoms with van der Waals surface area (Å²) in [6.07, 6.45) is 9.11. The minimum Gasteiger partial charge on any atom is -0.494 e. The number of hydrogen-bond acceptors (Lipinski definition) is 3. The summed E-state index contributed by atoms with van der Waals surface area (Å²) in [5.74, 6) is 1.46. The molecule has 0 saturated carbocycles. The zero-order valence-electron chi connectivity index (χ0n) is 11.2. The van der Waals surface area contributed by atoms with Crippen LogP contribution in [0.2, 0.25) is 5.15 Å². The number of nitrogens with zero attached hydrogens (tertiary/aromatic N) is 1. The summed E-state index contributed by atoms with van der Waals surface area (Å²) in [5, 5.41) is 4.07. The highest BCUT2D eigenvalue weighted by Gasteiger charge is 2.28. The van der Waals surface area contributed by atoms with Gasteiger partial charge in [-0.05, 0) is 55.3 Å². The van der Waals surface area contributed by atoms with Gasteiger partial charge in [0, 0.05) is 12.2 Å². The summed E-state index contributed by atoms with van der Waals surface area (Å²) in [5.41, 5.74) is 2.49. The van der Waals surface area contributed by atoms with Crippen LogP contribution in [0.1, 0.15) is 31.2 Å². The van der Waals surface area contributed by atoms with Crippen LogP contribution >= 0.6 is 11.6 Å². The largest absolute Gasteiger partial charge is 0.494 e. The number of fused-ring (bicyclic) bond motifs is 1. The molecular formula is C15H19ClN2O. The van der Waals surface area contributed by atoms with E-state index in [1.165, 1.54) is 18.4 Å². The standard InChI is InChI=1S/C15H19ClN2O/c1-19-14-8-12(9-18-15(14)16)11-5-4-10-3-2-6-17-13(10)7-11/h5,8-10,13,17H,2-4,6-7H2,1H3/t10-,13+/m1/s1. The highest BCUT2D eigenvalue weighted by molar-refractivity contribution is 6.30. The number of methoxy groups -OCH3 is 1.